The van der Waals surface area contributed by atoms with Crippen LogP contribution in [0.5, 0.6) is 0 Å². The van der Waals surface area contributed by atoms with Gasteiger partial charge in [-0.3, -0.25) is 0 Å². The SMILES string of the molecule is CCC1CCC(CC)P1C1(C)C=CC=CC1. The van der Waals surface area contributed by atoms with Crippen LogP contribution in [0.4, 0.5) is 0 Å². The molecule has 0 nitrogen and oxygen atoms in total. The van der Waals surface area contributed by atoms with Crippen molar-refractivity contribution in [2.75, 3.05) is 0 Å². The van der Waals surface area contributed by atoms with Crippen LogP contribution in [0.3, 0.4) is 0 Å². The maximum absolute atomic E-state index is 2.51. The largest absolute Gasteiger partial charge is 0.0900 e. The van der Waals surface area contributed by atoms with Gasteiger partial charge in [-0.2, -0.15) is 0 Å². The molecule has 1 heterocycles. The Morgan fingerprint density at radius 2 is 1.75 bits per heavy atom. The highest BCUT2D eigenvalue weighted by atomic mass is 31.1. The molecular formula is C15H25P. The molecule has 3 unspecified atom stereocenters. The van der Waals surface area contributed by atoms with E-state index in [2.05, 4.69) is 45.1 Å². The molecule has 0 aromatic heterocycles. The van der Waals surface area contributed by atoms with Crippen molar-refractivity contribution >= 4 is 7.92 Å². The second-order valence-corrected chi connectivity index (χ2v) is 8.75. The van der Waals surface area contributed by atoms with Crippen LogP contribution in [0, 0.1) is 0 Å². The molecule has 1 saturated heterocycles. The molecule has 1 aliphatic carbocycles. The van der Waals surface area contributed by atoms with Crippen molar-refractivity contribution in [2.24, 2.45) is 0 Å². The third-order valence-corrected chi connectivity index (χ3v) is 8.72. The van der Waals surface area contributed by atoms with Gasteiger partial charge in [0.05, 0.1) is 0 Å². The lowest BCUT2D eigenvalue weighted by Crippen LogP contribution is -2.26. The van der Waals surface area contributed by atoms with Gasteiger partial charge >= 0.3 is 0 Å². The molecule has 90 valence electrons. The zero-order valence-corrected chi connectivity index (χ0v) is 11.8. The number of rotatable bonds is 3. The topological polar surface area (TPSA) is 0 Å². The first-order chi connectivity index (χ1) is 7.71. The van der Waals surface area contributed by atoms with Gasteiger partial charge in [0.1, 0.15) is 0 Å². The Kier molecular flexibility index (Phi) is 3.90. The molecule has 1 fully saturated rings. The van der Waals surface area contributed by atoms with E-state index in [0.29, 0.717) is 5.16 Å². The summed E-state index contributed by atoms with van der Waals surface area (Å²) in [5.74, 6) is 0. The summed E-state index contributed by atoms with van der Waals surface area (Å²) < 4.78 is 0. The van der Waals surface area contributed by atoms with Gasteiger partial charge in [0.25, 0.3) is 0 Å². The first-order valence-corrected chi connectivity index (χ1v) is 8.32. The Morgan fingerprint density at radius 1 is 1.12 bits per heavy atom. The lowest BCUT2D eigenvalue weighted by atomic mass is 10.0. The summed E-state index contributed by atoms with van der Waals surface area (Å²) >= 11 is 0. The van der Waals surface area contributed by atoms with Crippen molar-refractivity contribution in [1.29, 1.82) is 0 Å². The highest BCUT2D eigenvalue weighted by Gasteiger charge is 2.43. The van der Waals surface area contributed by atoms with Crippen molar-refractivity contribution in [2.45, 2.75) is 69.3 Å². The van der Waals surface area contributed by atoms with Crippen LogP contribution in [0.2, 0.25) is 0 Å². The van der Waals surface area contributed by atoms with Gasteiger partial charge in [0.2, 0.25) is 0 Å². The van der Waals surface area contributed by atoms with E-state index in [1.807, 2.05) is 0 Å². The minimum Gasteiger partial charge on any atom is -0.0900 e. The minimum atomic E-state index is 0.190. The quantitative estimate of drug-likeness (QED) is 0.598. The van der Waals surface area contributed by atoms with Gasteiger partial charge in [-0.1, -0.05) is 53.0 Å². The number of allylic oxidation sites excluding steroid dienone is 4. The molecule has 2 rings (SSSR count). The average molecular weight is 236 g/mol. The van der Waals surface area contributed by atoms with Gasteiger partial charge in [0, 0.05) is 5.16 Å². The fourth-order valence-electron chi connectivity index (χ4n) is 3.50. The van der Waals surface area contributed by atoms with E-state index in [-0.39, 0.29) is 7.92 Å². The molecule has 3 atom stereocenters. The molecule has 0 radical (unpaired) electrons. The van der Waals surface area contributed by atoms with Crippen LogP contribution >= 0.6 is 7.92 Å². The van der Waals surface area contributed by atoms with Crippen LogP contribution in [0.1, 0.15) is 52.9 Å². The summed E-state index contributed by atoms with van der Waals surface area (Å²) in [6, 6.07) is 0. The second-order valence-electron chi connectivity index (χ2n) is 5.46. The smallest absolute Gasteiger partial charge is 0.00980 e. The molecule has 0 spiro atoms. The lowest BCUT2D eigenvalue weighted by Gasteiger charge is -2.41. The Hall–Kier alpha value is -0.0900. The predicted octanol–water partition coefficient (Wildman–Crippen LogP) is 5.09. The lowest BCUT2D eigenvalue weighted by molar-refractivity contribution is 0.696. The fraction of sp³-hybridized carbons (Fsp3) is 0.733. The first kappa shape index (κ1) is 12.4. The standard InChI is InChI=1S/C15H25P/c1-4-13-9-10-14(5-2)16(13)15(3)11-7-6-8-12-15/h6-8,11,13-14H,4-5,9-10,12H2,1-3H3. The molecule has 0 N–H and O–H groups in total. The van der Waals surface area contributed by atoms with Crippen molar-refractivity contribution in [1.82, 2.24) is 0 Å². The minimum absolute atomic E-state index is 0.190. The Bertz CT molecular complexity index is 280. The third kappa shape index (κ3) is 2.14. The molecule has 0 aromatic carbocycles. The van der Waals surface area contributed by atoms with Crippen LogP contribution < -0.4 is 0 Å². The molecule has 0 saturated carbocycles. The molecular weight excluding hydrogens is 211 g/mol. The molecule has 2 aliphatic rings. The van der Waals surface area contributed by atoms with E-state index >= 15 is 0 Å². The molecule has 0 aromatic rings. The summed E-state index contributed by atoms with van der Waals surface area (Å²) in [5.41, 5.74) is 2.06. The maximum atomic E-state index is 2.51. The Balaban J connectivity index is 2.21. The summed E-state index contributed by atoms with van der Waals surface area (Å²) in [6.07, 6.45) is 16.4. The van der Waals surface area contributed by atoms with Crippen molar-refractivity contribution < 1.29 is 0 Å². The van der Waals surface area contributed by atoms with Gasteiger partial charge in [-0.05, 0) is 43.4 Å². The van der Waals surface area contributed by atoms with Crippen LogP contribution in [0.15, 0.2) is 24.3 Å². The molecule has 16 heavy (non-hydrogen) atoms. The summed E-state index contributed by atoms with van der Waals surface area (Å²) in [6.45, 7) is 7.29. The molecule has 1 aliphatic heterocycles. The van der Waals surface area contributed by atoms with Gasteiger partial charge in [0.15, 0.2) is 0 Å². The van der Waals surface area contributed by atoms with E-state index in [0.717, 1.165) is 11.3 Å². The molecule has 1 heteroatoms. The van der Waals surface area contributed by atoms with Gasteiger partial charge in [-0.15, -0.1) is 0 Å². The van der Waals surface area contributed by atoms with E-state index < -0.39 is 0 Å². The maximum Gasteiger partial charge on any atom is 0.00980 e. The molecule has 0 amide bonds. The van der Waals surface area contributed by atoms with Crippen LogP contribution in [-0.2, 0) is 0 Å². The predicted molar refractivity (Wildman–Crippen MR) is 75.6 cm³/mol. The average Bonchev–Trinajstić information content (AvgIpc) is 2.73. The van der Waals surface area contributed by atoms with Crippen molar-refractivity contribution in [3.8, 4) is 0 Å². The zero-order chi connectivity index (χ0) is 11.6. The number of hydrogen-bond acceptors (Lipinski definition) is 0. The highest BCUT2D eigenvalue weighted by Crippen LogP contribution is 2.67. The highest BCUT2D eigenvalue weighted by molar-refractivity contribution is 7.61. The second kappa shape index (κ2) is 5.05. The number of hydrogen-bond donors (Lipinski definition) is 0. The summed E-state index contributed by atoms with van der Waals surface area (Å²) in [7, 11) is 0.190. The zero-order valence-electron chi connectivity index (χ0n) is 10.9. The van der Waals surface area contributed by atoms with Crippen molar-refractivity contribution in [3.63, 3.8) is 0 Å². The van der Waals surface area contributed by atoms with E-state index in [9.17, 15) is 0 Å². The van der Waals surface area contributed by atoms with Crippen LogP contribution in [-0.4, -0.2) is 16.5 Å². The van der Waals surface area contributed by atoms with E-state index in [1.165, 1.54) is 32.1 Å². The normalized spacial score (nSPS) is 42.8. The Morgan fingerprint density at radius 3 is 2.19 bits per heavy atom. The van der Waals surface area contributed by atoms with Crippen LogP contribution in [0.25, 0.3) is 0 Å². The fourth-order valence-corrected chi connectivity index (χ4v) is 7.98. The van der Waals surface area contributed by atoms with E-state index in [1.54, 1.807) is 0 Å². The summed E-state index contributed by atoms with van der Waals surface area (Å²) in [5, 5.41) is 0.502. The Labute approximate surface area is 102 Å². The monoisotopic (exact) mass is 236 g/mol. The van der Waals surface area contributed by atoms with Gasteiger partial charge < -0.3 is 0 Å². The first-order valence-electron chi connectivity index (χ1n) is 6.84. The van der Waals surface area contributed by atoms with Gasteiger partial charge in [-0.25, -0.2) is 0 Å². The third-order valence-electron chi connectivity index (χ3n) is 4.39. The van der Waals surface area contributed by atoms with E-state index in [4.69, 9.17) is 0 Å². The molecule has 0 bridgehead atoms. The summed E-state index contributed by atoms with van der Waals surface area (Å²) in [4.78, 5) is 0. The van der Waals surface area contributed by atoms with Crippen molar-refractivity contribution in [3.05, 3.63) is 24.3 Å².